The highest BCUT2D eigenvalue weighted by molar-refractivity contribution is 5.83. The summed E-state index contributed by atoms with van der Waals surface area (Å²) in [4.78, 5) is 17.0. The molecule has 2 aliphatic rings. The van der Waals surface area contributed by atoms with E-state index in [2.05, 4.69) is 11.0 Å². The molecule has 1 aromatic rings. The summed E-state index contributed by atoms with van der Waals surface area (Å²) < 4.78 is 5.43. The van der Waals surface area contributed by atoms with Crippen molar-refractivity contribution in [2.45, 2.75) is 31.8 Å². The molecule has 1 amide bonds. The van der Waals surface area contributed by atoms with Gasteiger partial charge in [-0.3, -0.25) is 9.69 Å². The summed E-state index contributed by atoms with van der Waals surface area (Å²) in [7, 11) is 1.68. The van der Waals surface area contributed by atoms with Crippen LogP contribution >= 0.6 is 0 Å². The minimum absolute atomic E-state index is 0.106. The number of hydrogen-bond donors (Lipinski definition) is 1. The van der Waals surface area contributed by atoms with Crippen molar-refractivity contribution in [2.75, 3.05) is 39.8 Å². The van der Waals surface area contributed by atoms with Gasteiger partial charge < -0.3 is 14.7 Å². The van der Waals surface area contributed by atoms with E-state index in [-0.39, 0.29) is 17.9 Å². The lowest BCUT2D eigenvalue weighted by molar-refractivity contribution is -0.134. The summed E-state index contributed by atoms with van der Waals surface area (Å²) in [5.74, 6) is 1.57. The van der Waals surface area contributed by atoms with E-state index in [4.69, 9.17) is 4.74 Å². The SMILES string of the molecule is CC[C@H](O)CN1CCN(C(=O)[C@H]2C[C@H]2c2ccccc2OC)CC1. The molecule has 1 aliphatic carbocycles. The summed E-state index contributed by atoms with van der Waals surface area (Å²) in [6.07, 6.45) is 1.45. The molecule has 5 nitrogen and oxygen atoms in total. The van der Waals surface area contributed by atoms with Crippen LogP contribution in [0.3, 0.4) is 0 Å². The smallest absolute Gasteiger partial charge is 0.226 e. The number of piperazine rings is 1. The van der Waals surface area contributed by atoms with E-state index >= 15 is 0 Å². The van der Waals surface area contributed by atoms with Crippen molar-refractivity contribution in [1.82, 2.24) is 9.80 Å². The van der Waals surface area contributed by atoms with Crippen LogP contribution in [0.25, 0.3) is 0 Å². The molecule has 0 unspecified atom stereocenters. The first-order valence-corrected chi connectivity index (χ1v) is 8.96. The maximum Gasteiger partial charge on any atom is 0.226 e. The number of carbonyl (C=O) groups excluding carboxylic acids is 1. The Bertz CT molecular complexity index is 569. The van der Waals surface area contributed by atoms with Crippen molar-refractivity contribution in [3.63, 3.8) is 0 Å². The van der Waals surface area contributed by atoms with Gasteiger partial charge in [-0.25, -0.2) is 0 Å². The third kappa shape index (κ3) is 3.73. The van der Waals surface area contributed by atoms with Gasteiger partial charge in [0, 0.05) is 38.6 Å². The Morgan fingerprint density at radius 2 is 2.00 bits per heavy atom. The lowest BCUT2D eigenvalue weighted by Crippen LogP contribution is -2.50. The summed E-state index contributed by atoms with van der Waals surface area (Å²) in [6, 6.07) is 8.01. The van der Waals surface area contributed by atoms with E-state index in [0.717, 1.165) is 50.3 Å². The zero-order valence-corrected chi connectivity index (χ0v) is 14.6. The number of rotatable bonds is 6. The van der Waals surface area contributed by atoms with E-state index in [1.54, 1.807) is 7.11 Å². The average Bonchev–Trinajstić information content (AvgIpc) is 3.42. The zero-order chi connectivity index (χ0) is 17.1. The van der Waals surface area contributed by atoms with Gasteiger partial charge in [-0.1, -0.05) is 25.1 Å². The molecule has 1 saturated heterocycles. The average molecular weight is 332 g/mol. The molecule has 0 spiro atoms. The highest BCUT2D eigenvalue weighted by Gasteiger charge is 2.47. The van der Waals surface area contributed by atoms with Crippen LogP contribution in [0.5, 0.6) is 5.75 Å². The Balaban J connectivity index is 1.52. The number of nitrogens with zero attached hydrogens (tertiary/aromatic N) is 2. The molecule has 5 heteroatoms. The monoisotopic (exact) mass is 332 g/mol. The van der Waals surface area contributed by atoms with Crippen molar-refractivity contribution < 1.29 is 14.6 Å². The fraction of sp³-hybridized carbons (Fsp3) is 0.632. The summed E-state index contributed by atoms with van der Waals surface area (Å²) in [5, 5.41) is 9.76. The Morgan fingerprint density at radius 1 is 1.29 bits per heavy atom. The maximum atomic E-state index is 12.7. The standard InChI is InChI=1S/C19H28N2O3/c1-3-14(22)13-20-8-10-21(11-9-20)19(23)17-12-16(17)15-6-4-5-7-18(15)24-2/h4-7,14,16-17,22H,3,8-13H2,1-2H3/t14-,16-,17-/m0/s1. The number of hydrogen-bond acceptors (Lipinski definition) is 4. The van der Waals surface area contributed by atoms with Crippen LogP contribution in [-0.4, -0.2) is 66.8 Å². The van der Waals surface area contributed by atoms with Crippen LogP contribution in [0.2, 0.25) is 0 Å². The van der Waals surface area contributed by atoms with Crippen LogP contribution < -0.4 is 4.74 Å². The van der Waals surface area contributed by atoms with Crippen LogP contribution in [-0.2, 0) is 4.79 Å². The van der Waals surface area contributed by atoms with Gasteiger partial charge in [0.05, 0.1) is 13.2 Å². The molecule has 0 radical (unpaired) electrons. The molecule has 24 heavy (non-hydrogen) atoms. The largest absolute Gasteiger partial charge is 0.496 e. The van der Waals surface area contributed by atoms with Gasteiger partial charge >= 0.3 is 0 Å². The number of aliphatic hydroxyl groups is 1. The van der Waals surface area contributed by atoms with Crippen LogP contribution in [0.4, 0.5) is 0 Å². The first-order chi connectivity index (χ1) is 11.6. The Labute approximate surface area is 144 Å². The van der Waals surface area contributed by atoms with Crippen molar-refractivity contribution in [1.29, 1.82) is 0 Å². The molecule has 0 aromatic heterocycles. The predicted molar refractivity (Wildman–Crippen MR) is 93.2 cm³/mol. The molecule has 1 aliphatic heterocycles. The van der Waals surface area contributed by atoms with E-state index in [9.17, 15) is 9.90 Å². The lowest BCUT2D eigenvalue weighted by atomic mass is 10.1. The second kappa shape index (κ2) is 7.53. The number of para-hydroxylation sites is 1. The number of amides is 1. The van der Waals surface area contributed by atoms with Crippen molar-refractivity contribution >= 4 is 5.91 Å². The van der Waals surface area contributed by atoms with Gasteiger partial charge in [0.1, 0.15) is 5.75 Å². The summed E-state index contributed by atoms with van der Waals surface area (Å²) >= 11 is 0. The fourth-order valence-electron chi connectivity index (χ4n) is 3.60. The number of methoxy groups -OCH3 is 1. The predicted octanol–water partition coefficient (Wildman–Crippen LogP) is 1.71. The highest BCUT2D eigenvalue weighted by atomic mass is 16.5. The molecule has 3 atom stereocenters. The molecule has 1 N–H and O–H groups in total. The first kappa shape index (κ1) is 17.2. The fourth-order valence-corrected chi connectivity index (χ4v) is 3.60. The molecule has 1 aromatic carbocycles. The number of carbonyl (C=O) groups is 1. The van der Waals surface area contributed by atoms with Gasteiger partial charge in [-0.2, -0.15) is 0 Å². The van der Waals surface area contributed by atoms with Gasteiger partial charge in [0.2, 0.25) is 5.91 Å². The summed E-state index contributed by atoms with van der Waals surface area (Å²) in [6.45, 7) is 5.96. The molecule has 0 bridgehead atoms. The number of β-amino-alcohol motifs (C(OH)–C–C–N with tert-alkyl or cyclic N) is 1. The van der Waals surface area contributed by atoms with Crippen molar-refractivity contribution in [3.8, 4) is 5.75 Å². The van der Waals surface area contributed by atoms with Gasteiger partial charge in [-0.15, -0.1) is 0 Å². The Kier molecular flexibility index (Phi) is 5.41. The molecular formula is C19H28N2O3. The Morgan fingerprint density at radius 3 is 2.67 bits per heavy atom. The molecule has 2 fully saturated rings. The number of ether oxygens (including phenoxy) is 1. The molecule has 132 valence electrons. The third-order valence-electron chi connectivity index (χ3n) is 5.27. The lowest BCUT2D eigenvalue weighted by Gasteiger charge is -2.35. The van der Waals surface area contributed by atoms with Crippen molar-refractivity contribution in [3.05, 3.63) is 29.8 Å². The van der Waals surface area contributed by atoms with Crippen LogP contribution in [0.15, 0.2) is 24.3 Å². The number of benzene rings is 1. The maximum absolute atomic E-state index is 12.7. The second-order valence-corrected chi connectivity index (χ2v) is 6.88. The highest BCUT2D eigenvalue weighted by Crippen LogP contribution is 2.51. The van der Waals surface area contributed by atoms with E-state index < -0.39 is 0 Å². The van der Waals surface area contributed by atoms with Crippen LogP contribution in [0, 0.1) is 5.92 Å². The molecule has 3 rings (SSSR count). The quantitative estimate of drug-likeness (QED) is 0.862. The second-order valence-electron chi connectivity index (χ2n) is 6.88. The zero-order valence-electron chi connectivity index (χ0n) is 14.6. The topological polar surface area (TPSA) is 53.0 Å². The minimum Gasteiger partial charge on any atom is -0.496 e. The van der Waals surface area contributed by atoms with E-state index in [0.29, 0.717) is 12.5 Å². The van der Waals surface area contributed by atoms with Gasteiger partial charge in [0.15, 0.2) is 0 Å². The third-order valence-corrected chi connectivity index (χ3v) is 5.27. The Hall–Kier alpha value is -1.59. The normalized spacial score (nSPS) is 25.4. The molecule has 1 saturated carbocycles. The van der Waals surface area contributed by atoms with Crippen molar-refractivity contribution in [2.24, 2.45) is 5.92 Å². The first-order valence-electron chi connectivity index (χ1n) is 8.96. The minimum atomic E-state index is -0.259. The molecule has 1 heterocycles. The number of aliphatic hydroxyl groups excluding tert-OH is 1. The summed E-state index contributed by atoms with van der Waals surface area (Å²) in [5.41, 5.74) is 1.16. The van der Waals surface area contributed by atoms with E-state index in [1.807, 2.05) is 30.0 Å². The van der Waals surface area contributed by atoms with Crippen LogP contribution in [0.1, 0.15) is 31.2 Å². The molecular weight excluding hydrogens is 304 g/mol. The van der Waals surface area contributed by atoms with Gasteiger partial charge in [0.25, 0.3) is 0 Å². The van der Waals surface area contributed by atoms with E-state index in [1.165, 1.54) is 0 Å². The van der Waals surface area contributed by atoms with Gasteiger partial charge in [-0.05, 0) is 30.4 Å².